The van der Waals surface area contributed by atoms with Gasteiger partial charge in [-0.1, -0.05) is 222 Å². The van der Waals surface area contributed by atoms with Crippen LogP contribution in [0.2, 0.25) is 118 Å². The summed E-state index contributed by atoms with van der Waals surface area (Å²) >= 11 is 0. The number of anilines is 9. The van der Waals surface area contributed by atoms with Gasteiger partial charge in [0, 0.05) is 51.2 Å². The highest BCUT2D eigenvalue weighted by atomic mass is 28.3. The Morgan fingerprint density at radius 1 is 0.236 bits per heavy atom. The first-order chi connectivity index (χ1) is 33.5. The van der Waals surface area contributed by atoms with Crippen LogP contribution in [0.15, 0.2) is 109 Å². The van der Waals surface area contributed by atoms with E-state index in [0.29, 0.717) is 0 Å². The van der Waals surface area contributed by atoms with Crippen molar-refractivity contribution < 1.29 is 0 Å². The van der Waals surface area contributed by atoms with Crippen LogP contribution in [0.5, 0.6) is 0 Å². The molecule has 0 radical (unpaired) electrons. The number of hydrogen-bond acceptors (Lipinski definition) is 3. The highest BCUT2D eigenvalue weighted by Gasteiger charge is 2.58. The molecule has 0 amide bonds. The van der Waals surface area contributed by atoms with Gasteiger partial charge in [0.15, 0.2) is 0 Å². The molecule has 3 nitrogen and oxygen atoms in total. The number of benzene rings is 7. The van der Waals surface area contributed by atoms with Gasteiger partial charge in [0.1, 0.15) is 0 Å². The molecule has 0 aliphatic carbocycles. The quantitative estimate of drug-likeness (QED) is 0.170. The van der Waals surface area contributed by atoms with Crippen LogP contribution in [0, 0.1) is 0 Å². The predicted octanol–water partition coefficient (Wildman–Crippen LogP) is 6.80. The summed E-state index contributed by atoms with van der Waals surface area (Å²) in [5.74, 6) is 0. The van der Waals surface area contributed by atoms with Gasteiger partial charge in [-0.15, -0.1) is 0 Å². The fourth-order valence-corrected chi connectivity index (χ4v) is 20.6. The van der Waals surface area contributed by atoms with E-state index in [0.717, 1.165) is 0 Å². The summed E-state index contributed by atoms with van der Waals surface area (Å²) in [5, 5.41) is 9.26. The molecule has 0 saturated heterocycles. The SMILES string of the molecule is C[Si](C)(C)c1ccc2c(c1)B1c3cc([Si](C)(C)C)ccc3N3c4ccc([Si](C)(C)C)cc4B4c5cc([Si](C)(C)C)ccc5N5c6ccc([Si](C)(C)C)cc6B6c7cc([Si](C)(C)C)ccc7N2c2c1c3c4c5c26. The van der Waals surface area contributed by atoms with E-state index in [9.17, 15) is 0 Å². The Labute approximate surface area is 438 Å². The van der Waals surface area contributed by atoms with Crippen molar-refractivity contribution in [2.24, 2.45) is 0 Å². The zero-order chi connectivity index (χ0) is 51.0. The summed E-state index contributed by atoms with van der Waals surface area (Å²) < 4.78 is 0. The predicted molar refractivity (Wildman–Crippen MR) is 342 cm³/mol. The minimum absolute atomic E-state index is 0.0893. The lowest BCUT2D eigenvalue weighted by atomic mass is 9.24. The lowest BCUT2D eigenvalue weighted by Gasteiger charge is -2.56. The lowest BCUT2D eigenvalue weighted by Crippen LogP contribution is -2.75. The van der Waals surface area contributed by atoms with Crippen molar-refractivity contribution in [3.63, 3.8) is 0 Å². The smallest absolute Gasteiger partial charge is 0.252 e. The molecule has 0 atom stereocenters. The van der Waals surface area contributed by atoms with Gasteiger partial charge in [0.05, 0.1) is 48.4 Å². The van der Waals surface area contributed by atoms with Crippen LogP contribution in [0.25, 0.3) is 0 Å². The molecule has 0 spiro atoms. The van der Waals surface area contributed by atoms with Crippen molar-refractivity contribution in [3.8, 4) is 0 Å². The topological polar surface area (TPSA) is 9.72 Å². The molecule has 6 aliphatic rings. The van der Waals surface area contributed by atoms with E-state index >= 15 is 0 Å². The zero-order valence-electron chi connectivity index (χ0n) is 46.5. The maximum Gasteiger partial charge on any atom is 0.252 e. The van der Waals surface area contributed by atoms with E-state index in [2.05, 4.69) is 242 Å². The molecular weight excluding hydrogens is 964 g/mol. The fourth-order valence-electron chi connectivity index (χ4n) is 13.6. The Balaban J connectivity index is 1.28. The molecule has 6 aliphatic heterocycles. The van der Waals surface area contributed by atoms with Crippen LogP contribution in [0.4, 0.5) is 51.2 Å². The van der Waals surface area contributed by atoms with Crippen molar-refractivity contribution in [1.82, 2.24) is 0 Å². The van der Waals surface area contributed by atoms with Gasteiger partial charge in [-0.25, -0.2) is 0 Å². The van der Waals surface area contributed by atoms with Gasteiger partial charge in [-0.3, -0.25) is 0 Å². The first kappa shape index (κ1) is 47.2. The third-order valence-electron chi connectivity index (χ3n) is 17.7. The van der Waals surface area contributed by atoms with Crippen molar-refractivity contribution in [2.45, 2.75) is 118 Å². The third-order valence-corrected chi connectivity index (χ3v) is 30.0. The maximum absolute atomic E-state index is 2.82. The Kier molecular flexibility index (Phi) is 9.59. The first-order valence-electron chi connectivity index (χ1n) is 27.0. The van der Waals surface area contributed by atoms with Gasteiger partial charge >= 0.3 is 0 Å². The normalized spacial score (nSPS) is 15.8. The van der Waals surface area contributed by atoms with Crippen LogP contribution in [-0.2, 0) is 0 Å². The van der Waals surface area contributed by atoms with Crippen molar-refractivity contribution in [2.75, 3.05) is 14.7 Å². The van der Waals surface area contributed by atoms with Gasteiger partial charge in [-0.05, 0) is 85.6 Å². The van der Waals surface area contributed by atoms with Crippen LogP contribution < -0.4 is 95.0 Å². The fraction of sp³-hybridized carbons (Fsp3) is 0.300. The molecule has 13 rings (SSSR count). The number of rotatable bonds is 6. The summed E-state index contributed by atoms with van der Waals surface area (Å²) in [7, 11) is -10.4. The molecule has 6 heterocycles. The summed E-state index contributed by atoms with van der Waals surface area (Å²) in [4.78, 5) is 8.46. The van der Waals surface area contributed by atoms with E-state index in [1.807, 2.05) is 0 Å². The minimum Gasteiger partial charge on any atom is -0.312 e. The molecule has 0 saturated carbocycles. The second-order valence-electron chi connectivity index (χ2n) is 28.7. The molecule has 0 N–H and O–H groups in total. The highest BCUT2D eigenvalue weighted by molar-refractivity contribution is 7.10. The van der Waals surface area contributed by atoms with E-state index in [4.69, 9.17) is 0 Å². The summed E-state index contributed by atoms with van der Waals surface area (Å²) in [6.45, 7) is 46.0. The van der Waals surface area contributed by atoms with E-state index < -0.39 is 48.4 Å². The van der Waals surface area contributed by atoms with Crippen molar-refractivity contribution in [1.29, 1.82) is 0 Å². The van der Waals surface area contributed by atoms with Crippen LogP contribution >= 0.6 is 0 Å². The molecule has 72 heavy (non-hydrogen) atoms. The molecule has 12 heteroatoms. The van der Waals surface area contributed by atoms with Crippen molar-refractivity contribution >= 4 is 200 Å². The van der Waals surface area contributed by atoms with Gasteiger partial charge in [-0.2, -0.15) is 0 Å². The molecule has 7 aromatic carbocycles. The van der Waals surface area contributed by atoms with Crippen LogP contribution in [0.3, 0.4) is 0 Å². The monoisotopic (exact) mass is 1040 g/mol. The zero-order valence-corrected chi connectivity index (χ0v) is 52.5. The van der Waals surface area contributed by atoms with E-state index in [1.165, 1.54) is 100 Å². The first-order valence-corrected chi connectivity index (χ1v) is 48.0. The Hall–Kier alpha value is -4.56. The van der Waals surface area contributed by atoms with Crippen LogP contribution in [0.1, 0.15) is 0 Å². The maximum atomic E-state index is 2.82. The average Bonchev–Trinajstić information content (AvgIpc) is 3.29. The standard InChI is InChI=1S/C60H72B3N3Si6/c1-67(2,3)37-19-25-49-43(31-37)61-44-32-38(68(4,5)6)20-26-50(44)65-52-28-22-40(70(10,11)12)34-46(52)63-48-36-42(72(16,17)18)24-30-54(48)66-53-29-23-41(71(13,14)15)35-47(53)62-45-33-39(69(7,8)9)21-27-51(45)64(49)58-55(61)59(65)57(63)60(66)56(58)62/h19-36H,1-18H3. The summed E-state index contributed by atoms with van der Waals surface area (Å²) in [6, 6.07) is 46.8. The molecule has 0 aromatic heterocycles. The molecule has 0 fully saturated rings. The molecule has 7 aromatic rings. The molecule has 360 valence electrons. The largest absolute Gasteiger partial charge is 0.312 e. The van der Waals surface area contributed by atoms with Gasteiger partial charge in [0.2, 0.25) is 0 Å². The van der Waals surface area contributed by atoms with Gasteiger partial charge < -0.3 is 14.7 Å². The molecule has 0 bridgehead atoms. The second kappa shape index (κ2) is 14.6. The third kappa shape index (κ3) is 6.44. The Morgan fingerprint density at radius 2 is 0.389 bits per heavy atom. The molecule has 0 unspecified atom stereocenters. The Morgan fingerprint density at radius 3 is 0.528 bits per heavy atom. The molecular formula is C60H72B3N3Si6. The Bertz CT molecular complexity index is 3010. The highest BCUT2D eigenvalue weighted by Crippen LogP contribution is 2.51. The van der Waals surface area contributed by atoms with E-state index in [1.54, 1.807) is 31.1 Å². The van der Waals surface area contributed by atoms with Gasteiger partial charge in [0.25, 0.3) is 20.1 Å². The summed E-state index contributed by atoms with van der Waals surface area (Å²) in [5.41, 5.74) is 26.1. The summed E-state index contributed by atoms with van der Waals surface area (Å²) in [6.07, 6.45) is 0. The number of nitrogens with zero attached hydrogens (tertiary/aromatic N) is 3. The van der Waals surface area contributed by atoms with E-state index in [-0.39, 0.29) is 20.1 Å². The lowest BCUT2D eigenvalue weighted by molar-refractivity contribution is 1.23. The average molecular weight is 1040 g/mol. The van der Waals surface area contributed by atoms with Crippen LogP contribution in [-0.4, -0.2) is 68.6 Å². The number of fused-ring (bicyclic) bond motifs is 18. The van der Waals surface area contributed by atoms with Crippen molar-refractivity contribution in [3.05, 3.63) is 109 Å². The second-order valence-corrected chi connectivity index (χ2v) is 59.2. The number of hydrogen-bond donors (Lipinski definition) is 0. The minimum atomic E-state index is -1.74.